The van der Waals surface area contributed by atoms with E-state index in [-0.39, 0.29) is 16.8 Å². The molecule has 1 atom stereocenters. The van der Waals surface area contributed by atoms with Crippen molar-refractivity contribution in [3.63, 3.8) is 0 Å². The van der Waals surface area contributed by atoms with Gasteiger partial charge in [0, 0.05) is 6.04 Å². The zero-order valence-electron chi connectivity index (χ0n) is 8.25. The molecule has 0 radical (unpaired) electrons. The van der Waals surface area contributed by atoms with E-state index in [1.165, 1.54) is 7.11 Å². The van der Waals surface area contributed by atoms with Crippen molar-refractivity contribution in [1.29, 1.82) is 0 Å². The summed E-state index contributed by atoms with van der Waals surface area (Å²) in [5, 5.41) is 9.75. The molecule has 3 nitrogen and oxygen atoms in total. The van der Waals surface area contributed by atoms with E-state index in [0.717, 1.165) is 12.0 Å². The number of ether oxygens (including phenoxy) is 1. The van der Waals surface area contributed by atoms with Crippen molar-refractivity contribution < 1.29 is 9.84 Å². The van der Waals surface area contributed by atoms with Crippen LogP contribution < -0.4 is 10.5 Å². The van der Waals surface area contributed by atoms with Crippen molar-refractivity contribution in [2.45, 2.75) is 19.4 Å². The maximum atomic E-state index is 9.48. The highest BCUT2D eigenvalue weighted by molar-refractivity contribution is 6.32. The van der Waals surface area contributed by atoms with E-state index in [1.807, 2.05) is 6.92 Å². The Labute approximate surface area is 88.4 Å². The minimum absolute atomic E-state index is 0.0405. The van der Waals surface area contributed by atoms with Crippen LogP contribution in [-0.2, 0) is 0 Å². The van der Waals surface area contributed by atoms with E-state index < -0.39 is 0 Å². The van der Waals surface area contributed by atoms with Gasteiger partial charge in [0.05, 0.1) is 12.1 Å². The highest BCUT2D eigenvalue weighted by Crippen LogP contribution is 2.36. The Morgan fingerprint density at radius 1 is 1.57 bits per heavy atom. The minimum atomic E-state index is -0.0815. The van der Waals surface area contributed by atoms with Gasteiger partial charge in [-0.1, -0.05) is 18.5 Å². The van der Waals surface area contributed by atoms with Crippen molar-refractivity contribution >= 4 is 11.6 Å². The van der Waals surface area contributed by atoms with Crippen molar-refractivity contribution in [1.82, 2.24) is 0 Å². The fourth-order valence-corrected chi connectivity index (χ4v) is 1.42. The molecule has 14 heavy (non-hydrogen) atoms. The predicted octanol–water partition coefficient (Wildman–Crippen LogP) is 2.46. The molecule has 0 aliphatic heterocycles. The van der Waals surface area contributed by atoms with Gasteiger partial charge in [0.2, 0.25) is 0 Å². The quantitative estimate of drug-likeness (QED) is 0.815. The van der Waals surface area contributed by atoms with Crippen LogP contribution in [0.2, 0.25) is 5.02 Å². The van der Waals surface area contributed by atoms with Gasteiger partial charge in [-0.05, 0) is 24.1 Å². The normalized spacial score (nSPS) is 12.6. The van der Waals surface area contributed by atoms with Crippen LogP contribution in [0.5, 0.6) is 11.5 Å². The molecular formula is C10H14ClNO2. The van der Waals surface area contributed by atoms with Gasteiger partial charge in [0.15, 0.2) is 11.5 Å². The Bertz CT molecular complexity index is 328. The monoisotopic (exact) mass is 215 g/mol. The third-order valence-electron chi connectivity index (χ3n) is 2.14. The average molecular weight is 216 g/mol. The highest BCUT2D eigenvalue weighted by Gasteiger charge is 2.12. The van der Waals surface area contributed by atoms with Crippen molar-refractivity contribution in [2.75, 3.05) is 7.11 Å². The van der Waals surface area contributed by atoms with Gasteiger partial charge < -0.3 is 15.6 Å². The predicted molar refractivity (Wildman–Crippen MR) is 56.9 cm³/mol. The van der Waals surface area contributed by atoms with Crippen LogP contribution >= 0.6 is 11.6 Å². The molecule has 0 fully saturated rings. The minimum Gasteiger partial charge on any atom is -0.503 e. The standard InChI is InChI=1S/C10H14ClNO2/c1-3-8(12)6-4-7(11)10(13)9(5-6)14-2/h4-5,8,13H,3,12H2,1-2H3/t8-/m0/s1. The first kappa shape index (κ1) is 11.1. The van der Waals surface area contributed by atoms with Crippen LogP contribution in [0, 0.1) is 0 Å². The van der Waals surface area contributed by atoms with Crippen LogP contribution in [0.1, 0.15) is 24.9 Å². The van der Waals surface area contributed by atoms with Gasteiger partial charge in [0.25, 0.3) is 0 Å². The van der Waals surface area contributed by atoms with Crippen LogP contribution in [0.3, 0.4) is 0 Å². The summed E-state index contributed by atoms with van der Waals surface area (Å²) in [6.45, 7) is 1.98. The third kappa shape index (κ3) is 2.11. The number of phenolic OH excluding ortho intramolecular Hbond substituents is 1. The molecule has 0 saturated heterocycles. The fourth-order valence-electron chi connectivity index (χ4n) is 1.20. The number of hydrogen-bond donors (Lipinski definition) is 2. The molecule has 0 aromatic heterocycles. The van der Waals surface area contributed by atoms with Crippen molar-refractivity contribution in [3.8, 4) is 11.5 Å². The molecule has 0 aliphatic carbocycles. The van der Waals surface area contributed by atoms with Gasteiger partial charge in [-0.15, -0.1) is 0 Å². The molecule has 0 bridgehead atoms. The van der Waals surface area contributed by atoms with Gasteiger partial charge in [-0.3, -0.25) is 0 Å². The van der Waals surface area contributed by atoms with E-state index >= 15 is 0 Å². The molecule has 0 spiro atoms. The number of methoxy groups -OCH3 is 1. The smallest absolute Gasteiger partial charge is 0.176 e. The van der Waals surface area contributed by atoms with E-state index in [4.69, 9.17) is 22.1 Å². The molecule has 0 heterocycles. The van der Waals surface area contributed by atoms with Crippen LogP contribution in [0.25, 0.3) is 0 Å². The lowest BCUT2D eigenvalue weighted by Crippen LogP contribution is -2.08. The Morgan fingerprint density at radius 3 is 2.71 bits per heavy atom. The molecule has 0 aliphatic rings. The molecule has 78 valence electrons. The molecular weight excluding hydrogens is 202 g/mol. The maximum Gasteiger partial charge on any atom is 0.176 e. The molecule has 0 saturated carbocycles. The number of rotatable bonds is 3. The number of benzene rings is 1. The average Bonchev–Trinajstić information content (AvgIpc) is 2.20. The lowest BCUT2D eigenvalue weighted by atomic mass is 10.1. The molecule has 0 amide bonds. The number of halogens is 1. The third-order valence-corrected chi connectivity index (χ3v) is 2.43. The molecule has 0 unspecified atom stereocenters. The second kappa shape index (κ2) is 4.53. The SMILES string of the molecule is CC[C@H](N)c1cc(Cl)c(O)c(OC)c1. The molecule has 1 rings (SSSR count). The lowest BCUT2D eigenvalue weighted by molar-refractivity contribution is 0.372. The molecule has 1 aromatic carbocycles. The van der Waals surface area contributed by atoms with E-state index in [2.05, 4.69) is 0 Å². The molecule has 3 N–H and O–H groups in total. The first-order chi connectivity index (χ1) is 6.60. The van der Waals surface area contributed by atoms with E-state index in [1.54, 1.807) is 12.1 Å². The summed E-state index contributed by atoms with van der Waals surface area (Å²) in [5.74, 6) is 0.317. The summed E-state index contributed by atoms with van der Waals surface area (Å²) < 4.78 is 4.97. The highest BCUT2D eigenvalue weighted by atomic mass is 35.5. The molecule has 1 aromatic rings. The number of phenols is 1. The summed E-state index contributed by atoms with van der Waals surface area (Å²) in [6.07, 6.45) is 0.810. The van der Waals surface area contributed by atoms with E-state index in [9.17, 15) is 5.11 Å². The zero-order valence-corrected chi connectivity index (χ0v) is 9.01. The first-order valence-corrected chi connectivity index (χ1v) is 4.79. The second-order valence-electron chi connectivity index (χ2n) is 3.07. The number of aromatic hydroxyl groups is 1. The van der Waals surface area contributed by atoms with Gasteiger partial charge >= 0.3 is 0 Å². The summed E-state index contributed by atoms with van der Waals surface area (Å²) in [5.41, 5.74) is 6.71. The second-order valence-corrected chi connectivity index (χ2v) is 3.48. The summed E-state index contributed by atoms with van der Waals surface area (Å²) in [7, 11) is 1.48. The van der Waals surface area contributed by atoms with Gasteiger partial charge in [-0.25, -0.2) is 0 Å². The molecule has 4 heteroatoms. The largest absolute Gasteiger partial charge is 0.503 e. The summed E-state index contributed by atoms with van der Waals surface area (Å²) >= 11 is 5.81. The maximum absolute atomic E-state index is 9.48. The number of nitrogens with two attached hydrogens (primary N) is 1. The van der Waals surface area contributed by atoms with Crippen LogP contribution in [0.15, 0.2) is 12.1 Å². The topological polar surface area (TPSA) is 55.5 Å². The lowest BCUT2D eigenvalue weighted by Gasteiger charge is -2.12. The Morgan fingerprint density at radius 2 is 2.21 bits per heavy atom. The van der Waals surface area contributed by atoms with Gasteiger partial charge in [0.1, 0.15) is 0 Å². The first-order valence-electron chi connectivity index (χ1n) is 4.42. The Hall–Kier alpha value is -0.930. The zero-order chi connectivity index (χ0) is 10.7. The van der Waals surface area contributed by atoms with Crippen LogP contribution in [-0.4, -0.2) is 12.2 Å². The van der Waals surface area contributed by atoms with Crippen molar-refractivity contribution in [2.24, 2.45) is 5.73 Å². The summed E-state index contributed by atoms with van der Waals surface area (Å²) in [6, 6.07) is 3.28. The van der Waals surface area contributed by atoms with Gasteiger partial charge in [-0.2, -0.15) is 0 Å². The summed E-state index contributed by atoms with van der Waals surface area (Å²) in [4.78, 5) is 0. The van der Waals surface area contributed by atoms with E-state index in [0.29, 0.717) is 5.75 Å². The Kier molecular flexibility index (Phi) is 3.61. The van der Waals surface area contributed by atoms with Crippen molar-refractivity contribution in [3.05, 3.63) is 22.7 Å². The Balaban J connectivity index is 3.16. The fraction of sp³-hybridized carbons (Fsp3) is 0.400. The number of hydrogen-bond acceptors (Lipinski definition) is 3. The van der Waals surface area contributed by atoms with Crippen LogP contribution in [0.4, 0.5) is 0 Å².